The monoisotopic (exact) mass is 523 g/mol. The Bertz CT molecular complexity index is 1350. The van der Waals surface area contributed by atoms with E-state index in [2.05, 4.69) is 32.2 Å². The Morgan fingerprint density at radius 2 is 1.86 bits per heavy atom. The Morgan fingerprint density at radius 1 is 1.06 bits per heavy atom. The first-order chi connectivity index (χ1) is 17.5. The van der Waals surface area contributed by atoms with Crippen LogP contribution in [0.3, 0.4) is 0 Å². The number of anilines is 1. The Morgan fingerprint density at radius 3 is 2.56 bits per heavy atom. The summed E-state index contributed by atoms with van der Waals surface area (Å²) in [6, 6.07) is 10.0. The highest BCUT2D eigenvalue weighted by Crippen LogP contribution is 2.40. The van der Waals surface area contributed by atoms with Crippen molar-refractivity contribution in [3.05, 3.63) is 64.5 Å². The number of nitrogens with zero attached hydrogens (tertiary/aromatic N) is 4. The normalized spacial score (nSPS) is 18.1. The second-order valence-electron chi connectivity index (χ2n) is 9.75. The molecule has 1 unspecified atom stereocenters. The van der Waals surface area contributed by atoms with Gasteiger partial charge in [-0.1, -0.05) is 23.2 Å². The number of H-pyrrole nitrogens is 1. The largest absolute Gasteiger partial charge is 0.486 e. The van der Waals surface area contributed by atoms with Gasteiger partial charge >= 0.3 is 0 Å². The summed E-state index contributed by atoms with van der Waals surface area (Å²) in [6.45, 7) is 5.77. The Labute approximate surface area is 219 Å². The SMILES string of the molecule is CC(Oc1ccc2[nH]nc(-c3ccc(N4CCC5(CCOC5)CC4)nc3)c2c1)c1c(Cl)cncc1Cl. The Hall–Kier alpha value is -2.87. The predicted molar refractivity (Wildman–Crippen MR) is 142 cm³/mol. The lowest BCUT2D eigenvalue weighted by molar-refractivity contribution is 0.133. The molecule has 6 rings (SSSR count). The molecular weight excluding hydrogens is 497 g/mol. The van der Waals surface area contributed by atoms with Gasteiger partial charge in [0, 0.05) is 54.8 Å². The molecule has 0 saturated carbocycles. The summed E-state index contributed by atoms with van der Waals surface area (Å²) in [5.41, 5.74) is 3.81. The molecule has 1 spiro atoms. The van der Waals surface area contributed by atoms with Crippen molar-refractivity contribution < 1.29 is 9.47 Å². The van der Waals surface area contributed by atoms with E-state index in [9.17, 15) is 0 Å². The molecule has 5 heterocycles. The molecule has 3 aromatic heterocycles. The van der Waals surface area contributed by atoms with Crippen molar-refractivity contribution in [2.75, 3.05) is 31.2 Å². The zero-order valence-electron chi connectivity index (χ0n) is 20.0. The molecule has 0 aliphatic carbocycles. The van der Waals surface area contributed by atoms with E-state index in [4.69, 9.17) is 37.7 Å². The fraction of sp³-hybridized carbons (Fsp3) is 0.370. The van der Waals surface area contributed by atoms with Gasteiger partial charge in [-0.3, -0.25) is 10.1 Å². The summed E-state index contributed by atoms with van der Waals surface area (Å²) < 4.78 is 11.9. The van der Waals surface area contributed by atoms with Crippen molar-refractivity contribution in [3.63, 3.8) is 0 Å². The topological polar surface area (TPSA) is 76.2 Å². The number of nitrogens with one attached hydrogen (secondary N) is 1. The van der Waals surface area contributed by atoms with E-state index >= 15 is 0 Å². The van der Waals surface area contributed by atoms with Gasteiger partial charge in [-0.15, -0.1) is 0 Å². The molecule has 0 radical (unpaired) electrons. The molecule has 0 amide bonds. The van der Waals surface area contributed by atoms with E-state index in [0.717, 1.165) is 67.1 Å². The first-order valence-corrected chi connectivity index (χ1v) is 13.0. The van der Waals surface area contributed by atoms with E-state index in [1.165, 1.54) is 6.42 Å². The van der Waals surface area contributed by atoms with E-state index in [0.29, 0.717) is 26.8 Å². The lowest BCUT2D eigenvalue weighted by Gasteiger charge is -2.38. The van der Waals surface area contributed by atoms with Gasteiger partial charge in [0.15, 0.2) is 0 Å². The average molecular weight is 524 g/mol. The highest BCUT2D eigenvalue weighted by Gasteiger charge is 2.38. The van der Waals surface area contributed by atoms with E-state index in [1.807, 2.05) is 31.3 Å². The van der Waals surface area contributed by atoms with Crippen LogP contribution in [0.15, 0.2) is 48.9 Å². The van der Waals surface area contributed by atoms with Crippen LogP contribution in [0.25, 0.3) is 22.2 Å². The van der Waals surface area contributed by atoms with E-state index < -0.39 is 0 Å². The van der Waals surface area contributed by atoms with Crippen LogP contribution >= 0.6 is 23.2 Å². The summed E-state index contributed by atoms with van der Waals surface area (Å²) in [5, 5.41) is 9.60. The minimum absolute atomic E-state index is 0.346. The molecule has 2 aliphatic heterocycles. The van der Waals surface area contributed by atoms with Gasteiger partial charge < -0.3 is 14.4 Å². The number of benzene rings is 1. The molecular formula is C27H27Cl2N5O2. The average Bonchev–Trinajstić information content (AvgIpc) is 3.52. The number of hydrogen-bond donors (Lipinski definition) is 1. The van der Waals surface area contributed by atoms with Crippen LogP contribution in [0.4, 0.5) is 5.82 Å². The van der Waals surface area contributed by atoms with Crippen molar-refractivity contribution in [1.29, 1.82) is 0 Å². The van der Waals surface area contributed by atoms with Crippen molar-refractivity contribution in [3.8, 4) is 17.0 Å². The van der Waals surface area contributed by atoms with Crippen LogP contribution < -0.4 is 9.64 Å². The standard InChI is InChI=1S/C27H27Cl2N5O2/c1-17(25-21(28)14-30-15-22(25)29)36-19-3-4-23-20(12-19)26(33-32-23)18-2-5-24(31-13-18)34-9-6-27(7-10-34)8-11-35-16-27/h2-5,12-15,17H,6-11,16H2,1H3,(H,32,33). The molecule has 186 valence electrons. The predicted octanol–water partition coefficient (Wildman–Crippen LogP) is 6.47. The lowest BCUT2D eigenvalue weighted by atomic mass is 9.78. The lowest BCUT2D eigenvalue weighted by Crippen LogP contribution is -2.40. The maximum absolute atomic E-state index is 6.32. The molecule has 1 aromatic carbocycles. The zero-order chi connectivity index (χ0) is 24.7. The molecule has 2 fully saturated rings. The smallest absolute Gasteiger partial charge is 0.128 e. The number of fused-ring (bicyclic) bond motifs is 1. The highest BCUT2D eigenvalue weighted by molar-refractivity contribution is 6.35. The fourth-order valence-corrected chi connectivity index (χ4v) is 6.00. The van der Waals surface area contributed by atoms with Crippen molar-refractivity contribution in [2.24, 2.45) is 5.41 Å². The fourth-order valence-electron chi connectivity index (χ4n) is 5.33. The number of ether oxygens (including phenoxy) is 2. The molecule has 1 atom stereocenters. The number of aromatic nitrogens is 4. The van der Waals surface area contributed by atoms with Gasteiger partial charge in [0.05, 0.1) is 22.2 Å². The zero-order valence-corrected chi connectivity index (χ0v) is 21.5. The third-order valence-electron chi connectivity index (χ3n) is 7.50. The number of piperidine rings is 1. The first-order valence-electron chi connectivity index (χ1n) is 12.2. The summed E-state index contributed by atoms with van der Waals surface area (Å²) >= 11 is 12.6. The minimum atomic E-state index is -0.346. The third kappa shape index (κ3) is 4.40. The number of hydrogen-bond acceptors (Lipinski definition) is 6. The van der Waals surface area contributed by atoms with Crippen molar-refractivity contribution in [2.45, 2.75) is 32.3 Å². The van der Waals surface area contributed by atoms with Crippen LogP contribution in [-0.4, -0.2) is 46.5 Å². The summed E-state index contributed by atoms with van der Waals surface area (Å²) in [7, 11) is 0. The van der Waals surface area contributed by atoms with Gasteiger partial charge in [0.25, 0.3) is 0 Å². The van der Waals surface area contributed by atoms with E-state index in [1.54, 1.807) is 12.4 Å². The number of halogens is 2. The number of rotatable bonds is 5. The first kappa shape index (κ1) is 23.5. The summed E-state index contributed by atoms with van der Waals surface area (Å²) in [5.74, 6) is 1.71. The quantitative estimate of drug-likeness (QED) is 0.322. The van der Waals surface area contributed by atoms with Crippen LogP contribution in [-0.2, 0) is 4.74 Å². The molecule has 4 aromatic rings. The summed E-state index contributed by atoms with van der Waals surface area (Å²) in [4.78, 5) is 11.2. The summed E-state index contributed by atoms with van der Waals surface area (Å²) in [6.07, 6.45) is 8.22. The maximum atomic E-state index is 6.32. The van der Waals surface area contributed by atoms with Gasteiger partial charge in [-0.05, 0) is 61.9 Å². The van der Waals surface area contributed by atoms with Crippen LogP contribution in [0.5, 0.6) is 5.75 Å². The minimum Gasteiger partial charge on any atom is -0.486 e. The van der Waals surface area contributed by atoms with Crippen LogP contribution in [0, 0.1) is 5.41 Å². The van der Waals surface area contributed by atoms with Crippen molar-refractivity contribution >= 4 is 39.9 Å². The molecule has 9 heteroatoms. The van der Waals surface area contributed by atoms with Gasteiger partial charge in [-0.2, -0.15) is 5.10 Å². The number of aromatic amines is 1. The van der Waals surface area contributed by atoms with Crippen molar-refractivity contribution in [1.82, 2.24) is 20.2 Å². The van der Waals surface area contributed by atoms with E-state index in [-0.39, 0.29) is 6.10 Å². The molecule has 7 nitrogen and oxygen atoms in total. The molecule has 2 aliphatic rings. The van der Waals surface area contributed by atoms with Gasteiger partial charge in [0.2, 0.25) is 0 Å². The highest BCUT2D eigenvalue weighted by atomic mass is 35.5. The van der Waals surface area contributed by atoms with Crippen LogP contribution in [0.1, 0.15) is 37.9 Å². The molecule has 36 heavy (non-hydrogen) atoms. The van der Waals surface area contributed by atoms with Gasteiger partial charge in [-0.25, -0.2) is 4.98 Å². The molecule has 1 N–H and O–H groups in total. The second kappa shape index (κ2) is 9.54. The molecule has 2 saturated heterocycles. The molecule has 0 bridgehead atoms. The number of pyridine rings is 2. The van der Waals surface area contributed by atoms with Gasteiger partial charge in [0.1, 0.15) is 23.4 Å². The Kier molecular flexibility index (Phi) is 6.23. The Balaban J connectivity index is 1.21. The van der Waals surface area contributed by atoms with Crippen LogP contribution in [0.2, 0.25) is 10.0 Å². The maximum Gasteiger partial charge on any atom is 0.128 e. The third-order valence-corrected chi connectivity index (χ3v) is 8.10. The second-order valence-corrected chi connectivity index (χ2v) is 10.6.